The van der Waals surface area contributed by atoms with Crippen LogP contribution in [-0.4, -0.2) is 18.9 Å². The van der Waals surface area contributed by atoms with Crippen molar-refractivity contribution < 1.29 is 13.2 Å². The van der Waals surface area contributed by atoms with Gasteiger partial charge in [-0.3, -0.25) is 4.79 Å². The summed E-state index contributed by atoms with van der Waals surface area (Å²) < 4.78 is 28.5. The summed E-state index contributed by atoms with van der Waals surface area (Å²) in [6.07, 6.45) is 1.53. The highest BCUT2D eigenvalue weighted by Crippen LogP contribution is 2.31. The maximum atomic E-state index is 13.4. The average Bonchev–Trinajstić information content (AvgIpc) is 3.24. The Morgan fingerprint density at radius 1 is 0.800 bits per heavy atom. The number of anilines is 1. The molecule has 0 aliphatic carbocycles. The second-order valence-electron chi connectivity index (χ2n) is 8.06. The highest BCUT2D eigenvalue weighted by atomic mass is 35.5. The Labute approximate surface area is 208 Å². The fourth-order valence-electron chi connectivity index (χ4n) is 4.10. The van der Waals surface area contributed by atoms with Gasteiger partial charge in [-0.2, -0.15) is 0 Å². The van der Waals surface area contributed by atoms with Crippen LogP contribution in [-0.2, 0) is 21.2 Å². The number of fused-ring (bicyclic) bond motifs is 1. The number of para-hydroxylation sites is 2. The van der Waals surface area contributed by atoms with E-state index in [-0.39, 0.29) is 22.2 Å². The number of amides is 1. The van der Waals surface area contributed by atoms with Crippen LogP contribution >= 0.6 is 11.6 Å². The van der Waals surface area contributed by atoms with Crippen molar-refractivity contribution in [3.05, 3.63) is 114 Å². The van der Waals surface area contributed by atoms with Gasteiger partial charge in [0.2, 0.25) is 15.7 Å². The number of hydrogen-bond donors (Lipinski definition) is 1. The van der Waals surface area contributed by atoms with E-state index in [0.717, 1.165) is 11.1 Å². The van der Waals surface area contributed by atoms with Crippen molar-refractivity contribution in [2.24, 2.45) is 0 Å². The van der Waals surface area contributed by atoms with Gasteiger partial charge in [0, 0.05) is 33.4 Å². The maximum absolute atomic E-state index is 13.4. The highest BCUT2D eigenvalue weighted by Gasteiger charge is 2.24. The molecule has 1 aromatic heterocycles. The minimum atomic E-state index is -3.81. The summed E-state index contributed by atoms with van der Waals surface area (Å²) >= 11 is 5.94. The van der Waals surface area contributed by atoms with E-state index in [1.807, 2.05) is 60.7 Å². The molecule has 0 saturated carbocycles. The number of aromatic nitrogens is 1. The first-order valence-corrected chi connectivity index (χ1v) is 12.8. The van der Waals surface area contributed by atoms with Crippen molar-refractivity contribution in [2.45, 2.75) is 16.3 Å². The highest BCUT2D eigenvalue weighted by molar-refractivity contribution is 7.91. The van der Waals surface area contributed by atoms with Crippen molar-refractivity contribution in [3.63, 3.8) is 0 Å². The molecule has 0 fully saturated rings. The number of rotatable bonds is 6. The van der Waals surface area contributed by atoms with E-state index in [1.54, 1.807) is 34.9 Å². The third kappa shape index (κ3) is 4.58. The van der Waals surface area contributed by atoms with Crippen molar-refractivity contribution in [3.8, 4) is 11.1 Å². The quantitative estimate of drug-likeness (QED) is 0.292. The first-order valence-electron chi connectivity index (χ1n) is 11.0. The Hall–Kier alpha value is -3.87. The first kappa shape index (κ1) is 22.9. The molecule has 0 bridgehead atoms. The molecule has 4 aromatic carbocycles. The second-order valence-corrected chi connectivity index (χ2v) is 10.4. The summed E-state index contributed by atoms with van der Waals surface area (Å²) in [7, 11) is -3.81. The predicted molar refractivity (Wildman–Crippen MR) is 139 cm³/mol. The largest absolute Gasteiger partial charge is 0.337 e. The number of hydrogen-bond acceptors (Lipinski definition) is 3. The molecule has 0 spiro atoms. The molecule has 5 nitrogen and oxygen atoms in total. The normalized spacial score (nSPS) is 11.5. The van der Waals surface area contributed by atoms with Crippen molar-refractivity contribution >= 4 is 43.9 Å². The summed E-state index contributed by atoms with van der Waals surface area (Å²) in [6.45, 7) is -0.0419. The summed E-state index contributed by atoms with van der Waals surface area (Å²) in [5.74, 6) is -0.260. The molecule has 35 heavy (non-hydrogen) atoms. The number of nitrogens with one attached hydrogen (secondary N) is 1. The molecule has 1 N–H and O–H groups in total. The molecule has 1 heterocycles. The lowest BCUT2D eigenvalue weighted by Gasteiger charge is -2.12. The van der Waals surface area contributed by atoms with Crippen molar-refractivity contribution in [1.82, 2.24) is 4.57 Å². The standard InChI is InChI=1S/C28H21ClN2O3S/c29-21-14-16-22(17-15-21)35(33,34)27-18-31(26-13-7-5-11-24(26)27)19-28(32)30-25-12-6-4-10-23(25)20-8-2-1-3-9-20/h1-18H,19H2,(H,30,32). The maximum Gasteiger partial charge on any atom is 0.244 e. The van der Waals surface area contributed by atoms with E-state index in [9.17, 15) is 13.2 Å². The van der Waals surface area contributed by atoms with E-state index < -0.39 is 9.84 Å². The zero-order chi connectivity index (χ0) is 24.4. The Bertz CT molecular complexity index is 1630. The van der Waals surface area contributed by atoms with Crippen LogP contribution in [0.4, 0.5) is 5.69 Å². The number of nitrogens with zero attached hydrogens (tertiary/aromatic N) is 1. The zero-order valence-electron chi connectivity index (χ0n) is 18.6. The van der Waals surface area contributed by atoms with Crippen molar-refractivity contribution in [2.75, 3.05) is 5.32 Å². The molecule has 0 aliphatic rings. The number of sulfone groups is 1. The lowest BCUT2D eigenvalue weighted by molar-refractivity contribution is -0.116. The van der Waals surface area contributed by atoms with Crippen LogP contribution in [0.15, 0.2) is 119 Å². The van der Waals surface area contributed by atoms with E-state index >= 15 is 0 Å². The van der Waals surface area contributed by atoms with Gasteiger partial charge in [-0.15, -0.1) is 0 Å². The molecular weight excluding hydrogens is 480 g/mol. The van der Waals surface area contributed by atoms with Gasteiger partial charge in [0.1, 0.15) is 6.54 Å². The monoisotopic (exact) mass is 500 g/mol. The van der Waals surface area contributed by atoms with E-state index in [4.69, 9.17) is 11.6 Å². The topological polar surface area (TPSA) is 68.2 Å². The van der Waals surface area contributed by atoms with Gasteiger partial charge in [0.25, 0.3) is 0 Å². The second kappa shape index (κ2) is 9.41. The summed E-state index contributed by atoms with van der Waals surface area (Å²) in [4.78, 5) is 13.4. The van der Waals surface area contributed by atoms with Gasteiger partial charge in [-0.05, 0) is 42.0 Å². The molecule has 0 unspecified atom stereocenters. The minimum absolute atomic E-state index is 0.0419. The lowest BCUT2D eigenvalue weighted by Crippen LogP contribution is -2.18. The Morgan fingerprint density at radius 3 is 2.23 bits per heavy atom. The Morgan fingerprint density at radius 2 is 1.46 bits per heavy atom. The third-order valence-electron chi connectivity index (χ3n) is 5.77. The molecule has 0 atom stereocenters. The Kier molecular flexibility index (Phi) is 6.16. The molecule has 5 aromatic rings. The van der Waals surface area contributed by atoms with Crippen LogP contribution in [0.1, 0.15) is 0 Å². The fraction of sp³-hybridized carbons (Fsp3) is 0.0357. The molecule has 0 radical (unpaired) electrons. The predicted octanol–water partition coefficient (Wildman–Crippen LogP) is 6.43. The smallest absolute Gasteiger partial charge is 0.244 e. The molecular formula is C28H21ClN2O3S. The van der Waals surface area contributed by atoms with Gasteiger partial charge in [-0.25, -0.2) is 8.42 Å². The average molecular weight is 501 g/mol. The number of benzene rings is 4. The van der Waals surface area contributed by atoms with E-state index in [0.29, 0.717) is 21.6 Å². The van der Waals surface area contributed by atoms with Gasteiger partial charge in [0.05, 0.1) is 9.79 Å². The SMILES string of the molecule is O=C(Cn1cc(S(=O)(=O)c2ccc(Cl)cc2)c2ccccc21)Nc1ccccc1-c1ccccc1. The molecule has 174 valence electrons. The van der Waals surface area contributed by atoms with Gasteiger partial charge < -0.3 is 9.88 Å². The fourth-order valence-corrected chi connectivity index (χ4v) is 5.71. The minimum Gasteiger partial charge on any atom is -0.337 e. The number of carbonyl (C=O) groups is 1. The molecule has 1 amide bonds. The molecule has 5 rings (SSSR count). The van der Waals surface area contributed by atoms with Gasteiger partial charge in [0.15, 0.2) is 0 Å². The summed E-state index contributed by atoms with van der Waals surface area (Å²) in [5.41, 5.74) is 3.25. The molecule has 7 heteroatoms. The summed E-state index contributed by atoms with van der Waals surface area (Å²) in [5, 5.41) is 4.00. The summed E-state index contributed by atoms with van der Waals surface area (Å²) in [6, 6.07) is 30.6. The Balaban J connectivity index is 1.48. The van der Waals surface area contributed by atoms with E-state index in [1.165, 1.54) is 18.3 Å². The van der Waals surface area contributed by atoms with Crippen LogP contribution in [0.25, 0.3) is 22.0 Å². The van der Waals surface area contributed by atoms with Crippen LogP contribution in [0.3, 0.4) is 0 Å². The molecule has 0 aliphatic heterocycles. The van der Waals surface area contributed by atoms with Crippen LogP contribution in [0, 0.1) is 0 Å². The lowest BCUT2D eigenvalue weighted by atomic mass is 10.0. The van der Waals surface area contributed by atoms with Crippen LogP contribution in [0.2, 0.25) is 5.02 Å². The van der Waals surface area contributed by atoms with E-state index in [2.05, 4.69) is 5.32 Å². The van der Waals surface area contributed by atoms with Gasteiger partial charge in [-0.1, -0.05) is 78.3 Å². The number of halogens is 1. The van der Waals surface area contributed by atoms with Crippen LogP contribution < -0.4 is 5.32 Å². The first-order chi connectivity index (χ1) is 16.9. The molecule has 0 saturated heterocycles. The van der Waals surface area contributed by atoms with Crippen LogP contribution in [0.5, 0.6) is 0 Å². The van der Waals surface area contributed by atoms with Gasteiger partial charge >= 0.3 is 0 Å². The third-order valence-corrected chi connectivity index (χ3v) is 7.81. The number of carbonyl (C=O) groups excluding carboxylic acids is 1. The van der Waals surface area contributed by atoms with Crippen molar-refractivity contribution in [1.29, 1.82) is 0 Å². The zero-order valence-corrected chi connectivity index (χ0v) is 20.1.